The quantitative estimate of drug-likeness (QED) is 0.921. The van der Waals surface area contributed by atoms with Gasteiger partial charge in [-0.15, -0.1) is 5.10 Å². The number of nitrogens with zero attached hydrogens (tertiary/aromatic N) is 3. The number of nitrogens with one attached hydrogen (secondary N) is 1. The molecule has 15 heavy (non-hydrogen) atoms. The number of aromatic nitrogens is 3. The fraction of sp³-hybridized carbons (Fsp3) is 0.400. The van der Waals surface area contributed by atoms with E-state index in [9.17, 15) is 0 Å². The highest BCUT2D eigenvalue weighted by atomic mass is 79.9. The standard InChI is InChI=1S/C10H11BrN4/c11-7-3-4-15-10(5-7)13-9(14-15)6-12-8-1-2-8/h3-5,8,12H,1-2,6H2. The number of pyridine rings is 1. The Bertz CT molecular complexity index is 489. The minimum atomic E-state index is 0.698. The number of fused-ring (bicyclic) bond motifs is 1. The van der Waals surface area contributed by atoms with Gasteiger partial charge in [0.15, 0.2) is 11.5 Å². The molecule has 0 aromatic carbocycles. The van der Waals surface area contributed by atoms with Crippen LogP contribution in [0, 0.1) is 0 Å². The third kappa shape index (κ3) is 2.03. The fourth-order valence-corrected chi connectivity index (χ4v) is 1.82. The lowest BCUT2D eigenvalue weighted by Gasteiger charge is -1.95. The highest BCUT2D eigenvalue weighted by Crippen LogP contribution is 2.19. The van der Waals surface area contributed by atoms with Crippen molar-refractivity contribution in [2.24, 2.45) is 0 Å². The number of halogens is 1. The molecule has 78 valence electrons. The minimum absolute atomic E-state index is 0.698. The lowest BCUT2D eigenvalue weighted by atomic mass is 10.5. The van der Waals surface area contributed by atoms with Gasteiger partial charge in [-0.1, -0.05) is 15.9 Å². The van der Waals surface area contributed by atoms with Crippen LogP contribution in [0.5, 0.6) is 0 Å². The van der Waals surface area contributed by atoms with Gasteiger partial charge in [-0.25, -0.2) is 9.50 Å². The molecule has 0 radical (unpaired) electrons. The SMILES string of the molecule is Brc1ccn2nc(CNC3CC3)nc2c1. The predicted molar refractivity (Wildman–Crippen MR) is 60.5 cm³/mol. The largest absolute Gasteiger partial charge is 0.307 e. The van der Waals surface area contributed by atoms with E-state index in [1.807, 2.05) is 18.3 Å². The lowest BCUT2D eigenvalue weighted by Crippen LogP contribution is -2.16. The summed E-state index contributed by atoms with van der Waals surface area (Å²) >= 11 is 3.42. The van der Waals surface area contributed by atoms with E-state index in [1.54, 1.807) is 4.52 Å². The van der Waals surface area contributed by atoms with Gasteiger partial charge in [0.05, 0.1) is 6.54 Å². The fourth-order valence-electron chi connectivity index (χ4n) is 1.50. The first-order valence-electron chi connectivity index (χ1n) is 5.05. The average molecular weight is 267 g/mol. The molecule has 1 aliphatic rings. The van der Waals surface area contributed by atoms with Gasteiger partial charge in [-0.3, -0.25) is 0 Å². The van der Waals surface area contributed by atoms with Crippen LogP contribution in [0.4, 0.5) is 0 Å². The van der Waals surface area contributed by atoms with E-state index >= 15 is 0 Å². The molecule has 0 saturated heterocycles. The zero-order valence-corrected chi connectivity index (χ0v) is 9.74. The summed E-state index contributed by atoms with van der Waals surface area (Å²) in [5.74, 6) is 0.861. The molecule has 0 aliphatic heterocycles. The van der Waals surface area contributed by atoms with Crippen LogP contribution in [0.2, 0.25) is 0 Å². The third-order valence-corrected chi connectivity index (χ3v) is 2.96. The molecule has 1 fully saturated rings. The normalized spacial score (nSPS) is 16.1. The second-order valence-corrected chi connectivity index (χ2v) is 4.75. The number of hydrogen-bond donors (Lipinski definition) is 1. The van der Waals surface area contributed by atoms with Crippen LogP contribution in [-0.4, -0.2) is 20.6 Å². The lowest BCUT2D eigenvalue weighted by molar-refractivity contribution is 0.656. The molecule has 5 heteroatoms. The summed E-state index contributed by atoms with van der Waals surface area (Å²) in [6, 6.07) is 4.62. The molecule has 2 aromatic heterocycles. The summed E-state index contributed by atoms with van der Waals surface area (Å²) in [4.78, 5) is 4.43. The summed E-state index contributed by atoms with van der Waals surface area (Å²) < 4.78 is 2.83. The van der Waals surface area contributed by atoms with Crippen LogP contribution in [0.3, 0.4) is 0 Å². The van der Waals surface area contributed by atoms with E-state index in [-0.39, 0.29) is 0 Å². The number of rotatable bonds is 3. The molecule has 0 unspecified atom stereocenters. The molecule has 0 amide bonds. The van der Waals surface area contributed by atoms with Crippen LogP contribution in [0.1, 0.15) is 18.7 Å². The Morgan fingerprint density at radius 3 is 3.20 bits per heavy atom. The maximum Gasteiger partial charge on any atom is 0.165 e. The molecule has 0 atom stereocenters. The van der Waals surface area contributed by atoms with Gasteiger partial charge >= 0.3 is 0 Å². The summed E-state index contributed by atoms with van der Waals surface area (Å²) in [7, 11) is 0. The maximum absolute atomic E-state index is 4.43. The van der Waals surface area contributed by atoms with Crippen LogP contribution in [-0.2, 0) is 6.54 Å². The van der Waals surface area contributed by atoms with Gasteiger partial charge in [0, 0.05) is 16.7 Å². The summed E-state index contributed by atoms with van der Waals surface area (Å²) in [5.41, 5.74) is 0.886. The van der Waals surface area contributed by atoms with Gasteiger partial charge in [0.1, 0.15) is 0 Å². The van der Waals surface area contributed by atoms with Crippen molar-refractivity contribution in [3.63, 3.8) is 0 Å². The second kappa shape index (κ2) is 3.57. The van der Waals surface area contributed by atoms with Gasteiger partial charge < -0.3 is 5.32 Å². The van der Waals surface area contributed by atoms with E-state index in [0.29, 0.717) is 6.04 Å². The van der Waals surface area contributed by atoms with Crippen molar-refractivity contribution in [3.8, 4) is 0 Å². The minimum Gasteiger partial charge on any atom is -0.307 e. The molecular weight excluding hydrogens is 256 g/mol. The predicted octanol–water partition coefficient (Wildman–Crippen LogP) is 1.74. The molecule has 4 nitrogen and oxygen atoms in total. The van der Waals surface area contributed by atoms with E-state index in [2.05, 4.69) is 31.3 Å². The third-order valence-electron chi connectivity index (χ3n) is 2.47. The van der Waals surface area contributed by atoms with Gasteiger partial charge in [0.2, 0.25) is 0 Å². The van der Waals surface area contributed by atoms with Crippen molar-refractivity contribution < 1.29 is 0 Å². The Kier molecular flexibility index (Phi) is 2.21. The zero-order chi connectivity index (χ0) is 10.3. The maximum atomic E-state index is 4.43. The zero-order valence-electron chi connectivity index (χ0n) is 8.15. The molecule has 3 rings (SSSR count). The van der Waals surface area contributed by atoms with Crippen LogP contribution in [0.15, 0.2) is 22.8 Å². The van der Waals surface area contributed by atoms with E-state index < -0.39 is 0 Å². The second-order valence-electron chi connectivity index (χ2n) is 3.83. The summed E-state index contributed by atoms with van der Waals surface area (Å²) in [6.45, 7) is 0.768. The van der Waals surface area contributed by atoms with Crippen LogP contribution in [0.25, 0.3) is 5.65 Å². The van der Waals surface area contributed by atoms with Crippen LogP contribution < -0.4 is 5.32 Å². The molecule has 2 aromatic rings. The Hall–Kier alpha value is -0.940. The van der Waals surface area contributed by atoms with Crippen molar-refractivity contribution in [3.05, 3.63) is 28.6 Å². The highest BCUT2D eigenvalue weighted by molar-refractivity contribution is 9.10. The first kappa shape index (κ1) is 9.30. The van der Waals surface area contributed by atoms with Gasteiger partial charge in [-0.05, 0) is 25.0 Å². The van der Waals surface area contributed by atoms with Gasteiger partial charge in [0.25, 0.3) is 0 Å². The van der Waals surface area contributed by atoms with Crippen molar-refractivity contribution in [2.45, 2.75) is 25.4 Å². The smallest absolute Gasteiger partial charge is 0.165 e. The number of hydrogen-bond acceptors (Lipinski definition) is 3. The Balaban J connectivity index is 1.84. The van der Waals surface area contributed by atoms with Gasteiger partial charge in [-0.2, -0.15) is 0 Å². The monoisotopic (exact) mass is 266 g/mol. The van der Waals surface area contributed by atoms with Crippen LogP contribution >= 0.6 is 15.9 Å². The van der Waals surface area contributed by atoms with Crippen molar-refractivity contribution in [2.75, 3.05) is 0 Å². The first-order chi connectivity index (χ1) is 7.31. The topological polar surface area (TPSA) is 42.2 Å². The molecule has 2 heterocycles. The molecule has 1 N–H and O–H groups in total. The molecule has 0 bridgehead atoms. The van der Waals surface area contributed by atoms with E-state index in [1.165, 1.54) is 12.8 Å². The Labute approximate surface area is 95.8 Å². The van der Waals surface area contributed by atoms with Crippen molar-refractivity contribution >= 4 is 21.6 Å². The highest BCUT2D eigenvalue weighted by Gasteiger charge is 2.20. The first-order valence-corrected chi connectivity index (χ1v) is 5.85. The molecule has 1 aliphatic carbocycles. The molecule has 0 spiro atoms. The summed E-state index contributed by atoms with van der Waals surface area (Å²) in [5, 5.41) is 7.77. The molecular formula is C10H11BrN4. The average Bonchev–Trinajstić information content (AvgIpc) is 2.95. The molecule has 1 saturated carbocycles. The Morgan fingerprint density at radius 2 is 2.40 bits per heavy atom. The van der Waals surface area contributed by atoms with Crippen molar-refractivity contribution in [1.82, 2.24) is 19.9 Å². The Morgan fingerprint density at radius 1 is 1.53 bits per heavy atom. The van der Waals surface area contributed by atoms with Crippen molar-refractivity contribution in [1.29, 1.82) is 0 Å². The van der Waals surface area contributed by atoms with E-state index in [4.69, 9.17) is 0 Å². The van der Waals surface area contributed by atoms with E-state index in [0.717, 1.165) is 22.5 Å². The summed E-state index contributed by atoms with van der Waals surface area (Å²) in [6.07, 6.45) is 4.49.